The van der Waals surface area contributed by atoms with Gasteiger partial charge < -0.3 is 14.5 Å². The Labute approximate surface area is 199 Å². The van der Waals surface area contributed by atoms with Crippen LogP contribution in [0.25, 0.3) is 0 Å². The average molecular weight is 459 g/mol. The van der Waals surface area contributed by atoms with Gasteiger partial charge in [0.1, 0.15) is 18.1 Å². The Bertz CT molecular complexity index is 1170. The van der Waals surface area contributed by atoms with Gasteiger partial charge in [0, 0.05) is 18.7 Å². The summed E-state index contributed by atoms with van der Waals surface area (Å²) in [5, 5.41) is 0. The van der Waals surface area contributed by atoms with E-state index >= 15 is 0 Å². The molecular weight excluding hydrogens is 431 g/mol. The van der Waals surface area contributed by atoms with Gasteiger partial charge in [-0.15, -0.1) is 0 Å². The molecule has 0 saturated heterocycles. The first kappa shape index (κ1) is 23.2. The molecule has 0 spiro atoms. The van der Waals surface area contributed by atoms with Crippen LogP contribution in [0.2, 0.25) is 0 Å². The molecular formula is C28H27FN2O3. The minimum Gasteiger partial charge on any atom is -0.497 e. The molecule has 5 nitrogen and oxygen atoms in total. The number of hydrogen-bond donors (Lipinski definition) is 0. The Morgan fingerprint density at radius 1 is 1.00 bits per heavy atom. The molecule has 1 atom stereocenters. The molecule has 0 aliphatic carbocycles. The van der Waals surface area contributed by atoms with Crippen LogP contribution < -0.4 is 4.74 Å². The van der Waals surface area contributed by atoms with Crippen molar-refractivity contribution in [1.82, 2.24) is 9.80 Å². The number of ether oxygens (including phenoxy) is 1. The van der Waals surface area contributed by atoms with Gasteiger partial charge in [0.2, 0.25) is 5.91 Å². The van der Waals surface area contributed by atoms with E-state index in [-0.39, 0.29) is 36.8 Å². The molecule has 1 heterocycles. The molecule has 174 valence electrons. The number of methoxy groups -OCH3 is 1. The van der Waals surface area contributed by atoms with Crippen LogP contribution in [0.4, 0.5) is 4.39 Å². The monoisotopic (exact) mass is 458 g/mol. The molecule has 4 rings (SSSR count). The number of aryl methyl sites for hydroxylation is 1. The third-order valence-corrected chi connectivity index (χ3v) is 5.94. The maximum Gasteiger partial charge on any atom is 0.254 e. The normalized spacial score (nSPS) is 17.1. The van der Waals surface area contributed by atoms with Crippen LogP contribution in [-0.4, -0.2) is 41.8 Å². The number of carbonyl (C=O) groups is 2. The maximum atomic E-state index is 13.5. The fourth-order valence-electron chi connectivity index (χ4n) is 3.99. The minimum atomic E-state index is -0.333. The lowest BCUT2D eigenvalue weighted by Crippen LogP contribution is -2.45. The SMILES string of the molecule is COc1ccc(C2/C=C\CN(C(=O)c3ccc(C)cc3)CC(=O)N2Cc2ccc(F)cc2)cc1. The van der Waals surface area contributed by atoms with E-state index in [1.165, 1.54) is 12.1 Å². The molecule has 0 radical (unpaired) electrons. The van der Waals surface area contributed by atoms with Gasteiger partial charge >= 0.3 is 0 Å². The first-order valence-corrected chi connectivity index (χ1v) is 11.1. The minimum absolute atomic E-state index is 0.0507. The third kappa shape index (κ3) is 5.34. The first-order chi connectivity index (χ1) is 16.4. The Kier molecular flexibility index (Phi) is 7.07. The predicted molar refractivity (Wildman–Crippen MR) is 129 cm³/mol. The van der Waals surface area contributed by atoms with Crippen molar-refractivity contribution in [2.75, 3.05) is 20.2 Å². The summed E-state index contributed by atoms with van der Waals surface area (Å²) >= 11 is 0. The van der Waals surface area contributed by atoms with Crippen molar-refractivity contribution in [3.8, 4) is 5.75 Å². The summed E-state index contributed by atoms with van der Waals surface area (Å²) in [5.74, 6) is 0.0200. The summed E-state index contributed by atoms with van der Waals surface area (Å²) in [6, 6.07) is 20.7. The van der Waals surface area contributed by atoms with Crippen molar-refractivity contribution in [3.05, 3.63) is 113 Å². The zero-order valence-electron chi connectivity index (χ0n) is 19.3. The predicted octanol–water partition coefficient (Wildman–Crippen LogP) is 4.92. The molecule has 0 saturated carbocycles. The zero-order chi connectivity index (χ0) is 24.1. The smallest absolute Gasteiger partial charge is 0.254 e. The van der Waals surface area contributed by atoms with Crippen LogP contribution in [0, 0.1) is 12.7 Å². The summed E-state index contributed by atoms with van der Waals surface area (Å²) in [7, 11) is 1.61. The van der Waals surface area contributed by atoms with Gasteiger partial charge in [-0.3, -0.25) is 9.59 Å². The molecule has 6 heteroatoms. The highest BCUT2D eigenvalue weighted by molar-refractivity contribution is 5.96. The molecule has 34 heavy (non-hydrogen) atoms. The van der Waals surface area contributed by atoms with Crippen LogP contribution >= 0.6 is 0 Å². The standard InChI is InChI=1S/C28H27FN2O3/c1-20-5-9-23(10-6-20)28(33)30-17-3-4-26(22-11-15-25(34-2)16-12-22)31(27(32)19-30)18-21-7-13-24(29)14-8-21/h3-16,26H,17-19H2,1-2H3/b4-3-. The lowest BCUT2D eigenvalue weighted by Gasteiger charge is -2.34. The Morgan fingerprint density at radius 2 is 1.68 bits per heavy atom. The number of hydrogen-bond acceptors (Lipinski definition) is 3. The van der Waals surface area contributed by atoms with Crippen molar-refractivity contribution >= 4 is 11.8 Å². The van der Waals surface area contributed by atoms with Gasteiger partial charge in [0.25, 0.3) is 5.91 Å². The quantitative estimate of drug-likeness (QED) is 0.510. The lowest BCUT2D eigenvalue weighted by atomic mass is 10.0. The van der Waals surface area contributed by atoms with E-state index in [0.29, 0.717) is 12.1 Å². The van der Waals surface area contributed by atoms with Crippen molar-refractivity contribution in [2.45, 2.75) is 19.5 Å². The molecule has 3 aromatic carbocycles. The third-order valence-electron chi connectivity index (χ3n) is 5.94. The molecule has 1 aliphatic heterocycles. The van der Waals surface area contributed by atoms with Crippen molar-refractivity contribution < 1.29 is 18.7 Å². The second-order valence-corrected chi connectivity index (χ2v) is 8.35. The van der Waals surface area contributed by atoms with E-state index in [1.807, 2.05) is 55.5 Å². The number of halogens is 1. The van der Waals surface area contributed by atoms with Gasteiger partial charge in [0.05, 0.1) is 13.2 Å². The molecule has 1 unspecified atom stereocenters. The highest BCUT2D eigenvalue weighted by Crippen LogP contribution is 2.28. The van der Waals surface area contributed by atoms with Gasteiger partial charge in [-0.2, -0.15) is 0 Å². The number of amides is 2. The topological polar surface area (TPSA) is 49.9 Å². The fourth-order valence-corrected chi connectivity index (χ4v) is 3.99. The average Bonchev–Trinajstić information content (AvgIpc) is 2.85. The maximum absolute atomic E-state index is 13.5. The first-order valence-electron chi connectivity index (χ1n) is 11.1. The Morgan fingerprint density at radius 3 is 2.32 bits per heavy atom. The highest BCUT2D eigenvalue weighted by Gasteiger charge is 2.29. The summed E-state index contributed by atoms with van der Waals surface area (Å²) in [6.45, 7) is 2.52. The fraction of sp³-hybridized carbons (Fsp3) is 0.214. The number of carbonyl (C=O) groups excluding carboxylic acids is 2. The number of benzene rings is 3. The van der Waals surface area contributed by atoms with Gasteiger partial charge in [-0.05, 0) is 54.4 Å². The van der Waals surface area contributed by atoms with E-state index in [1.54, 1.807) is 41.2 Å². The summed E-state index contributed by atoms with van der Waals surface area (Å²) in [4.78, 5) is 29.9. The van der Waals surface area contributed by atoms with Gasteiger partial charge in [-0.25, -0.2) is 4.39 Å². The van der Waals surface area contributed by atoms with Crippen LogP contribution in [0.1, 0.15) is 33.1 Å². The molecule has 0 N–H and O–H groups in total. The van der Waals surface area contributed by atoms with Crippen LogP contribution in [0.3, 0.4) is 0 Å². The number of rotatable bonds is 5. The molecule has 2 amide bonds. The molecule has 0 bridgehead atoms. The van der Waals surface area contributed by atoms with Gasteiger partial charge in [0.15, 0.2) is 0 Å². The van der Waals surface area contributed by atoms with E-state index in [9.17, 15) is 14.0 Å². The summed E-state index contributed by atoms with van der Waals surface area (Å²) in [6.07, 6.45) is 3.86. The van der Waals surface area contributed by atoms with Crippen LogP contribution in [0.15, 0.2) is 84.9 Å². The van der Waals surface area contributed by atoms with Gasteiger partial charge in [-0.1, -0.05) is 54.1 Å². The Balaban J connectivity index is 1.65. The van der Waals surface area contributed by atoms with Crippen molar-refractivity contribution in [2.24, 2.45) is 0 Å². The van der Waals surface area contributed by atoms with E-state index < -0.39 is 0 Å². The van der Waals surface area contributed by atoms with E-state index in [2.05, 4.69) is 0 Å². The van der Waals surface area contributed by atoms with Crippen molar-refractivity contribution in [3.63, 3.8) is 0 Å². The molecule has 0 fully saturated rings. The molecule has 3 aromatic rings. The zero-order valence-corrected chi connectivity index (χ0v) is 19.3. The second kappa shape index (κ2) is 10.3. The highest BCUT2D eigenvalue weighted by atomic mass is 19.1. The molecule has 1 aliphatic rings. The molecule has 0 aromatic heterocycles. The largest absolute Gasteiger partial charge is 0.497 e. The van der Waals surface area contributed by atoms with Crippen LogP contribution in [0.5, 0.6) is 5.75 Å². The van der Waals surface area contributed by atoms with Crippen LogP contribution in [-0.2, 0) is 11.3 Å². The van der Waals surface area contributed by atoms with Crippen molar-refractivity contribution in [1.29, 1.82) is 0 Å². The summed E-state index contributed by atoms with van der Waals surface area (Å²) in [5.41, 5.74) is 3.33. The van der Waals surface area contributed by atoms with E-state index in [0.717, 1.165) is 22.4 Å². The lowest BCUT2D eigenvalue weighted by molar-refractivity contribution is -0.134. The van der Waals surface area contributed by atoms with E-state index in [4.69, 9.17) is 4.74 Å². The number of nitrogens with zero attached hydrogens (tertiary/aromatic N) is 2. The summed E-state index contributed by atoms with van der Waals surface area (Å²) < 4.78 is 18.7. The Hall–Kier alpha value is -3.93. The second-order valence-electron chi connectivity index (χ2n) is 8.35.